The van der Waals surface area contributed by atoms with Crippen LogP contribution in [0.1, 0.15) is 59.8 Å². The van der Waals surface area contributed by atoms with Crippen LogP contribution >= 0.6 is 0 Å². The molecule has 122 valence electrons. The van der Waals surface area contributed by atoms with Crippen LogP contribution in [0, 0.1) is 17.8 Å². The molecule has 0 spiro atoms. The number of unbranched alkanes of at least 4 members (excludes halogenated alkanes) is 1. The van der Waals surface area contributed by atoms with Crippen LogP contribution in [0.5, 0.6) is 0 Å². The molecular weight excluding hydrogens is 312 g/mol. The van der Waals surface area contributed by atoms with Crippen molar-refractivity contribution >= 4 is 69.5 Å². The fourth-order valence-corrected chi connectivity index (χ4v) is 1.93. The predicted molar refractivity (Wildman–Crippen MR) is 93.8 cm³/mol. The van der Waals surface area contributed by atoms with Crippen molar-refractivity contribution in [1.82, 2.24) is 0 Å². The first kappa shape index (κ1) is 30.7. The van der Waals surface area contributed by atoms with E-state index in [-0.39, 0.29) is 59.1 Å². The van der Waals surface area contributed by atoms with E-state index in [2.05, 4.69) is 27.7 Å². The third-order valence-corrected chi connectivity index (χ3v) is 3.56. The Balaban J connectivity index is -0.000000179. The van der Waals surface area contributed by atoms with Gasteiger partial charge < -0.3 is 5.73 Å². The minimum absolute atomic E-state index is 0. The first-order valence-corrected chi connectivity index (χ1v) is 8.41. The third kappa shape index (κ3) is 30.3. The number of hydrogen-bond acceptors (Lipinski definition) is 3. The molecule has 0 saturated heterocycles. The Bertz CT molecular complexity index is 295. The van der Waals surface area contributed by atoms with Gasteiger partial charge in [-0.1, -0.05) is 47.0 Å². The molecule has 0 aliphatic carbocycles. The SMILES string of the molecule is CCC(C)CC(C)C(C)CCCCN.O=S(=O)(O)O.[NaH].[NaH]. The molecule has 5 nitrogen and oxygen atoms in total. The Morgan fingerprint density at radius 1 is 1.00 bits per heavy atom. The second-order valence-corrected chi connectivity index (χ2v) is 6.33. The summed E-state index contributed by atoms with van der Waals surface area (Å²) in [7, 11) is -4.67. The topological polar surface area (TPSA) is 101 Å². The van der Waals surface area contributed by atoms with Crippen LogP contribution in [0.15, 0.2) is 0 Å². The minimum atomic E-state index is -4.67. The molecule has 8 heteroatoms. The van der Waals surface area contributed by atoms with Gasteiger partial charge in [0.05, 0.1) is 0 Å². The summed E-state index contributed by atoms with van der Waals surface area (Å²) in [4.78, 5) is 0. The van der Waals surface area contributed by atoms with Gasteiger partial charge in [-0.15, -0.1) is 0 Å². The van der Waals surface area contributed by atoms with E-state index >= 15 is 0 Å². The van der Waals surface area contributed by atoms with Crippen LogP contribution in [0.25, 0.3) is 0 Å². The van der Waals surface area contributed by atoms with Crippen molar-refractivity contribution in [2.45, 2.75) is 59.8 Å². The molecule has 0 rings (SSSR count). The van der Waals surface area contributed by atoms with Gasteiger partial charge >= 0.3 is 69.5 Å². The quantitative estimate of drug-likeness (QED) is 0.354. The van der Waals surface area contributed by atoms with Crippen LogP contribution in [0.2, 0.25) is 0 Å². The molecule has 0 radical (unpaired) electrons. The van der Waals surface area contributed by atoms with E-state index in [1.54, 1.807) is 0 Å². The summed E-state index contributed by atoms with van der Waals surface area (Å²) >= 11 is 0. The normalized spacial score (nSPS) is 14.6. The van der Waals surface area contributed by atoms with E-state index in [9.17, 15) is 0 Å². The molecule has 0 aliphatic rings. The van der Waals surface area contributed by atoms with E-state index in [0.717, 1.165) is 24.3 Å². The van der Waals surface area contributed by atoms with Gasteiger partial charge in [0.2, 0.25) is 0 Å². The van der Waals surface area contributed by atoms with Gasteiger partial charge in [0.15, 0.2) is 0 Å². The van der Waals surface area contributed by atoms with Crippen molar-refractivity contribution in [3.05, 3.63) is 0 Å². The molecule has 0 aliphatic heterocycles. The number of nitrogens with two attached hydrogens (primary N) is 1. The van der Waals surface area contributed by atoms with Crippen LogP contribution < -0.4 is 5.73 Å². The molecule has 0 aromatic rings. The van der Waals surface area contributed by atoms with Crippen molar-refractivity contribution in [2.24, 2.45) is 23.5 Å². The van der Waals surface area contributed by atoms with Crippen LogP contribution in [-0.4, -0.2) is 83.2 Å². The van der Waals surface area contributed by atoms with E-state index < -0.39 is 10.4 Å². The summed E-state index contributed by atoms with van der Waals surface area (Å²) in [6, 6.07) is 0. The summed E-state index contributed by atoms with van der Waals surface area (Å²) in [6.45, 7) is 10.3. The molecule has 0 aromatic carbocycles. The zero-order chi connectivity index (χ0) is 15.5. The summed E-state index contributed by atoms with van der Waals surface area (Å²) in [5.41, 5.74) is 5.49. The summed E-state index contributed by atoms with van der Waals surface area (Å²) in [6.07, 6.45) is 6.57. The van der Waals surface area contributed by atoms with E-state index in [1.165, 1.54) is 32.1 Å². The summed E-state index contributed by atoms with van der Waals surface area (Å²) in [5.74, 6) is 2.64. The second kappa shape index (κ2) is 18.2. The van der Waals surface area contributed by atoms with Crippen LogP contribution in [0.4, 0.5) is 0 Å². The fraction of sp³-hybridized carbons (Fsp3) is 1.00. The average molecular weight is 345 g/mol. The Labute approximate surface area is 175 Å². The molecule has 0 saturated carbocycles. The maximum absolute atomic E-state index is 8.74. The Kier molecular flexibility index (Phi) is 26.6. The third-order valence-electron chi connectivity index (χ3n) is 3.56. The van der Waals surface area contributed by atoms with Gasteiger partial charge in [-0.2, -0.15) is 8.42 Å². The fourth-order valence-electron chi connectivity index (χ4n) is 1.93. The molecule has 4 N–H and O–H groups in total. The van der Waals surface area contributed by atoms with Crippen molar-refractivity contribution < 1.29 is 17.5 Å². The van der Waals surface area contributed by atoms with Crippen LogP contribution in [0.3, 0.4) is 0 Å². The molecule has 3 unspecified atom stereocenters. The molecular formula is C13H33NNa2O4S. The molecule has 0 aromatic heterocycles. The van der Waals surface area contributed by atoms with Crippen molar-refractivity contribution in [3.63, 3.8) is 0 Å². The predicted octanol–water partition coefficient (Wildman–Crippen LogP) is 1.87. The molecule has 0 fully saturated rings. The number of hydrogen-bond donors (Lipinski definition) is 3. The number of rotatable bonds is 8. The first-order chi connectivity index (χ1) is 8.61. The molecule has 21 heavy (non-hydrogen) atoms. The van der Waals surface area contributed by atoms with E-state index in [0.29, 0.717) is 0 Å². The van der Waals surface area contributed by atoms with E-state index in [1.807, 2.05) is 0 Å². The first-order valence-electron chi connectivity index (χ1n) is 7.01. The van der Waals surface area contributed by atoms with E-state index in [4.69, 9.17) is 23.3 Å². The van der Waals surface area contributed by atoms with Gasteiger partial charge in [0, 0.05) is 0 Å². The molecule has 0 heterocycles. The van der Waals surface area contributed by atoms with Gasteiger partial charge in [-0.25, -0.2) is 0 Å². The van der Waals surface area contributed by atoms with Gasteiger partial charge in [-0.05, 0) is 37.1 Å². The summed E-state index contributed by atoms with van der Waals surface area (Å²) < 4.78 is 31.6. The van der Waals surface area contributed by atoms with Crippen molar-refractivity contribution in [3.8, 4) is 0 Å². The summed E-state index contributed by atoms with van der Waals surface area (Å²) in [5, 5.41) is 0. The zero-order valence-electron chi connectivity index (χ0n) is 12.7. The second-order valence-electron chi connectivity index (χ2n) is 5.44. The maximum atomic E-state index is 8.74. The average Bonchev–Trinajstić information content (AvgIpc) is 2.26. The van der Waals surface area contributed by atoms with Crippen molar-refractivity contribution in [2.75, 3.05) is 6.54 Å². The van der Waals surface area contributed by atoms with Crippen molar-refractivity contribution in [1.29, 1.82) is 0 Å². The van der Waals surface area contributed by atoms with Crippen LogP contribution in [-0.2, 0) is 10.4 Å². The molecule has 0 bridgehead atoms. The molecule has 0 amide bonds. The Morgan fingerprint density at radius 3 is 1.76 bits per heavy atom. The monoisotopic (exact) mass is 345 g/mol. The Hall–Kier alpha value is 1.83. The Morgan fingerprint density at radius 2 is 1.43 bits per heavy atom. The van der Waals surface area contributed by atoms with Gasteiger partial charge in [0.25, 0.3) is 0 Å². The zero-order valence-corrected chi connectivity index (χ0v) is 13.5. The van der Waals surface area contributed by atoms with Gasteiger partial charge in [-0.3, -0.25) is 9.11 Å². The standard InChI is InChI=1S/C13H29N.2Na.H2O4S.2H/c1-5-11(2)10-13(4)12(3)8-6-7-9-14;;;1-5(2,3)4;;/h11-13H,5-10,14H2,1-4H3;;;(H2,1,2,3,4);;. The molecule has 3 atom stereocenters. The van der Waals surface area contributed by atoms with Gasteiger partial charge in [0.1, 0.15) is 0 Å².